The van der Waals surface area contributed by atoms with Crippen LogP contribution in [0.4, 0.5) is 5.69 Å². The molecule has 0 aliphatic heterocycles. The molecule has 1 N–H and O–H groups in total. The number of amides is 1. The summed E-state index contributed by atoms with van der Waals surface area (Å²) < 4.78 is 6.06. The standard InChI is InChI=1S/C31H31NO2/c1-4-21-31(24-13-7-5-8-14-24,25-15-9-6-10-16-25)30(33)32-28-19-20-29(34-22-23(2)3)27-18-12-11-17-26(27)28/h4-20,23H,1,21-22H2,2-3H3,(H,32,33). The van der Waals surface area contributed by atoms with Crippen LogP contribution in [0.2, 0.25) is 0 Å². The molecule has 0 saturated heterocycles. The Morgan fingerprint density at radius 2 is 1.41 bits per heavy atom. The van der Waals surface area contributed by atoms with Gasteiger partial charge in [-0.2, -0.15) is 0 Å². The Balaban J connectivity index is 1.80. The summed E-state index contributed by atoms with van der Waals surface area (Å²) in [7, 11) is 0. The second-order valence-corrected chi connectivity index (χ2v) is 8.95. The average molecular weight is 450 g/mol. The summed E-state index contributed by atoms with van der Waals surface area (Å²) in [4.78, 5) is 14.2. The van der Waals surface area contributed by atoms with Crippen molar-refractivity contribution >= 4 is 22.4 Å². The average Bonchev–Trinajstić information content (AvgIpc) is 2.87. The molecule has 34 heavy (non-hydrogen) atoms. The number of benzene rings is 4. The van der Waals surface area contributed by atoms with E-state index in [0.29, 0.717) is 18.9 Å². The topological polar surface area (TPSA) is 38.3 Å². The highest BCUT2D eigenvalue weighted by molar-refractivity contribution is 6.08. The zero-order valence-corrected chi connectivity index (χ0v) is 19.8. The van der Waals surface area contributed by atoms with Crippen molar-refractivity contribution in [3.63, 3.8) is 0 Å². The van der Waals surface area contributed by atoms with Crippen molar-refractivity contribution < 1.29 is 9.53 Å². The molecule has 0 aliphatic carbocycles. The maximum Gasteiger partial charge on any atom is 0.239 e. The predicted molar refractivity (Wildman–Crippen MR) is 141 cm³/mol. The van der Waals surface area contributed by atoms with Crippen molar-refractivity contribution in [3.8, 4) is 5.75 Å². The highest BCUT2D eigenvalue weighted by atomic mass is 16.5. The molecular formula is C31H31NO2. The predicted octanol–water partition coefficient (Wildman–Crippen LogP) is 7.38. The molecule has 0 aliphatic rings. The number of anilines is 1. The molecule has 172 valence electrons. The molecule has 1 amide bonds. The first-order valence-corrected chi connectivity index (χ1v) is 11.7. The number of hydrogen-bond acceptors (Lipinski definition) is 2. The molecule has 0 aromatic heterocycles. The fourth-order valence-corrected chi connectivity index (χ4v) is 4.41. The lowest BCUT2D eigenvalue weighted by Crippen LogP contribution is -2.41. The van der Waals surface area contributed by atoms with Crippen molar-refractivity contribution in [1.29, 1.82) is 0 Å². The van der Waals surface area contributed by atoms with E-state index in [2.05, 4.69) is 25.7 Å². The number of ether oxygens (including phenoxy) is 1. The molecular weight excluding hydrogens is 418 g/mol. The second-order valence-electron chi connectivity index (χ2n) is 8.95. The van der Waals surface area contributed by atoms with E-state index >= 15 is 0 Å². The lowest BCUT2D eigenvalue weighted by atomic mass is 9.71. The summed E-state index contributed by atoms with van der Waals surface area (Å²) in [5.41, 5.74) is 1.72. The number of fused-ring (bicyclic) bond motifs is 1. The Hall–Kier alpha value is -3.85. The molecule has 0 fully saturated rings. The fraction of sp³-hybridized carbons (Fsp3) is 0.194. The molecule has 0 spiro atoms. The smallest absolute Gasteiger partial charge is 0.239 e. The van der Waals surface area contributed by atoms with Crippen LogP contribution in [-0.2, 0) is 10.2 Å². The van der Waals surface area contributed by atoms with Gasteiger partial charge in [-0.25, -0.2) is 0 Å². The van der Waals surface area contributed by atoms with Crippen LogP contribution in [0.5, 0.6) is 5.75 Å². The molecule has 4 aromatic rings. The van der Waals surface area contributed by atoms with Gasteiger partial charge >= 0.3 is 0 Å². The summed E-state index contributed by atoms with van der Waals surface area (Å²) in [5.74, 6) is 1.16. The van der Waals surface area contributed by atoms with Gasteiger partial charge in [0.25, 0.3) is 0 Å². The van der Waals surface area contributed by atoms with Gasteiger partial charge in [0.2, 0.25) is 5.91 Å². The van der Waals surface area contributed by atoms with Crippen LogP contribution in [0.1, 0.15) is 31.4 Å². The van der Waals surface area contributed by atoms with E-state index in [1.165, 1.54) is 0 Å². The van der Waals surface area contributed by atoms with E-state index in [1.807, 2.05) is 103 Å². The molecule has 0 unspecified atom stereocenters. The van der Waals surface area contributed by atoms with Gasteiger partial charge < -0.3 is 10.1 Å². The third kappa shape index (κ3) is 4.60. The van der Waals surface area contributed by atoms with Gasteiger partial charge in [-0.05, 0) is 35.6 Å². The Kier molecular flexibility index (Phi) is 7.12. The van der Waals surface area contributed by atoms with Crippen LogP contribution >= 0.6 is 0 Å². The zero-order chi connectivity index (χ0) is 24.0. The van der Waals surface area contributed by atoms with Crippen molar-refractivity contribution in [2.24, 2.45) is 5.92 Å². The summed E-state index contributed by atoms with van der Waals surface area (Å²) >= 11 is 0. The maximum absolute atomic E-state index is 14.2. The number of carbonyl (C=O) groups excluding carboxylic acids is 1. The van der Waals surface area contributed by atoms with E-state index in [0.717, 1.165) is 33.3 Å². The fourth-order valence-electron chi connectivity index (χ4n) is 4.41. The minimum atomic E-state index is -0.905. The Morgan fingerprint density at radius 3 is 1.97 bits per heavy atom. The van der Waals surface area contributed by atoms with Gasteiger partial charge in [0.05, 0.1) is 6.61 Å². The van der Waals surface area contributed by atoms with E-state index < -0.39 is 5.41 Å². The van der Waals surface area contributed by atoms with Gasteiger partial charge in [0.1, 0.15) is 11.2 Å². The Morgan fingerprint density at radius 1 is 0.853 bits per heavy atom. The maximum atomic E-state index is 14.2. The van der Waals surface area contributed by atoms with E-state index in [1.54, 1.807) is 0 Å². The highest BCUT2D eigenvalue weighted by Gasteiger charge is 2.41. The molecule has 0 radical (unpaired) electrons. The van der Waals surface area contributed by atoms with Gasteiger partial charge in [-0.15, -0.1) is 6.58 Å². The monoisotopic (exact) mass is 449 g/mol. The summed E-state index contributed by atoms with van der Waals surface area (Å²) in [6.45, 7) is 8.88. The molecule has 4 rings (SSSR count). The normalized spacial score (nSPS) is 11.4. The lowest BCUT2D eigenvalue weighted by Gasteiger charge is -2.33. The lowest BCUT2D eigenvalue weighted by molar-refractivity contribution is -0.120. The third-order valence-corrected chi connectivity index (χ3v) is 6.08. The van der Waals surface area contributed by atoms with Crippen LogP contribution in [0.3, 0.4) is 0 Å². The van der Waals surface area contributed by atoms with Gasteiger partial charge in [0, 0.05) is 16.5 Å². The first kappa shape index (κ1) is 23.3. The number of hydrogen-bond donors (Lipinski definition) is 1. The van der Waals surface area contributed by atoms with Gasteiger partial charge in [0.15, 0.2) is 0 Å². The van der Waals surface area contributed by atoms with Gasteiger partial charge in [-0.1, -0.05) is 105 Å². The molecule has 3 heteroatoms. The van der Waals surface area contributed by atoms with Crippen LogP contribution in [0.25, 0.3) is 10.8 Å². The van der Waals surface area contributed by atoms with Crippen molar-refractivity contribution in [2.45, 2.75) is 25.7 Å². The number of carbonyl (C=O) groups is 1. The summed E-state index contributed by atoms with van der Waals surface area (Å²) in [6.07, 6.45) is 2.29. The SMILES string of the molecule is C=CCC(C(=O)Nc1ccc(OCC(C)C)c2ccccc12)(c1ccccc1)c1ccccc1. The Labute approximate surface area is 202 Å². The molecule has 3 nitrogen and oxygen atoms in total. The number of rotatable bonds is 9. The number of nitrogens with one attached hydrogen (secondary N) is 1. The largest absolute Gasteiger partial charge is 0.493 e. The van der Waals surface area contributed by atoms with E-state index in [4.69, 9.17) is 4.74 Å². The Bertz CT molecular complexity index is 1220. The molecule has 0 saturated carbocycles. The highest BCUT2D eigenvalue weighted by Crippen LogP contribution is 2.39. The van der Waals surface area contributed by atoms with Crippen LogP contribution in [-0.4, -0.2) is 12.5 Å². The first-order valence-electron chi connectivity index (χ1n) is 11.7. The zero-order valence-electron chi connectivity index (χ0n) is 19.8. The minimum absolute atomic E-state index is 0.0919. The quantitative estimate of drug-likeness (QED) is 0.271. The van der Waals surface area contributed by atoms with Crippen molar-refractivity contribution in [1.82, 2.24) is 0 Å². The van der Waals surface area contributed by atoms with Crippen LogP contribution in [0, 0.1) is 5.92 Å². The second kappa shape index (κ2) is 10.4. The molecule has 4 aromatic carbocycles. The third-order valence-electron chi connectivity index (χ3n) is 6.08. The molecule has 0 bridgehead atoms. The van der Waals surface area contributed by atoms with E-state index in [9.17, 15) is 4.79 Å². The van der Waals surface area contributed by atoms with Crippen LogP contribution < -0.4 is 10.1 Å². The van der Waals surface area contributed by atoms with Gasteiger partial charge in [-0.3, -0.25) is 4.79 Å². The molecule has 0 heterocycles. The van der Waals surface area contributed by atoms with E-state index in [-0.39, 0.29) is 5.91 Å². The number of allylic oxidation sites excluding steroid dienone is 1. The van der Waals surface area contributed by atoms with Crippen LogP contribution in [0.15, 0.2) is 110 Å². The minimum Gasteiger partial charge on any atom is -0.493 e. The van der Waals surface area contributed by atoms with Crippen molar-refractivity contribution in [3.05, 3.63) is 121 Å². The summed E-state index contributed by atoms with van der Waals surface area (Å²) in [6, 6.07) is 31.8. The summed E-state index contributed by atoms with van der Waals surface area (Å²) in [5, 5.41) is 5.19. The molecule has 0 atom stereocenters. The first-order chi connectivity index (χ1) is 16.6. The van der Waals surface area contributed by atoms with Crippen molar-refractivity contribution in [2.75, 3.05) is 11.9 Å².